The molecule has 0 aromatic rings. The summed E-state index contributed by atoms with van der Waals surface area (Å²) in [7, 11) is 0. The van der Waals surface area contributed by atoms with Gasteiger partial charge in [-0.1, -0.05) is 6.42 Å². The fraction of sp³-hybridized carbons (Fsp3) is 0.933. The topological polar surface area (TPSA) is 38.3 Å². The Balaban J connectivity index is 1.72. The van der Waals surface area contributed by atoms with E-state index in [0.29, 0.717) is 12.6 Å². The number of hydrogen-bond donors (Lipinski definition) is 1. The number of hydrogen-bond acceptors (Lipinski definition) is 3. The Hall–Kier alpha value is -0.570. The van der Waals surface area contributed by atoms with Gasteiger partial charge in [0.05, 0.1) is 6.54 Å². The molecule has 0 aromatic carbocycles. The average Bonchev–Trinajstić information content (AvgIpc) is 2.84. The van der Waals surface area contributed by atoms with Gasteiger partial charge in [0.25, 0.3) is 0 Å². The minimum atomic E-state index is -0.381. The molecule has 2 saturated carbocycles. The van der Waals surface area contributed by atoms with Gasteiger partial charge in [-0.05, 0) is 64.7 Å². The molecule has 0 radical (unpaired) electrons. The molecule has 1 N–H and O–H groups in total. The third-order valence-corrected chi connectivity index (χ3v) is 4.42. The summed E-state index contributed by atoms with van der Waals surface area (Å²) in [5.74, 6) is 2.49. The lowest BCUT2D eigenvalue weighted by molar-refractivity contribution is -0.153. The first-order chi connectivity index (χ1) is 8.35. The normalized spacial score (nSPS) is 32.6. The van der Waals surface area contributed by atoms with E-state index in [-0.39, 0.29) is 11.6 Å². The zero-order chi connectivity index (χ0) is 13.3. The number of esters is 1. The Bertz CT molecular complexity index is 308. The monoisotopic (exact) mass is 253 g/mol. The lowest BCUT2D eigenvalue weighted by atomic mass is 9.84. The highest BCUT2D eigenvalue weighted by atomic mass is 16.6. The molecule has 0 aromatic heterocycles. The lowest BCUT2D eigenvalue weighted by Gasteiger charge is -2.29. The third kappa shape index (κ3) is 3.47. The van der Waals surface area contributed by atoms with Crippen molar-refractivity contribution in [1.82, 2.24) is 5.32 Å². The van der Waals surface area contributed by atoms with Gasteiger partial charge in [0.1, 0.15) is 5.60 Å². The van der Waals surface area contributed by atoms with Crippen LogP contribution >= 0.6 is 0 Å². The molecule has 104 valence electrons. The van der Waals surface area contributed by atoms with E-state index in [0.717, 1.165) is 17.8 Å². The summed E-state index contributed by atoms with van der Waals surface area (Å²) < 4.78 is 5.31. The van der Waals surface area contributed by atoms with Crippen LogP contribution in [0.25, 0.3) is 0 Å². The number of fused-ring (bicyclic) bond motifs is 2. The summed E-state index contributed by atoms with van der Waals surface area (Å²) in [6, 6.07) is 0.438. The van der Waals surface area contributed by atoms with Crippen molar-refractivity contribution >= 4 is 5.97 Å². The number of rotatable bonds is 4. The first-order valence-corrected chi connectivity index (χ1v) is 7.30. The van der Waals surface area contributed by atoms with E-state index in [1.165, 1.54) is 25.7 Å². The average molecular weight is 253 g/mol. The van der Waals surface area contributed by atoms with Crippen LogP contribution in [0.15, 0.2) is 0 Å². The Morgan fingerprint density at radius 3 is 2.56 bits per heavy atom. The predicted molar refractivity (Wildman–Crippen MR) is 72.2 cm³/mol. The van der Waals surface area contributed by atoms with E-state index in [9.17, 15) is 4.79 Å². The van der Waals surface area contributed by atoms with Crippen LogP contribution in [0.3, 0.4) is 0 Å². The molecule has 4 atom stereocenters. The van der Waals surface area contributed by atoms with Crippen LogP contribution < -0.4 is 5.32 Å². The van der Waals surface area contributed by atoms with Crippen molar-refractivity contribution in [1.29, 1.82) is 0 Å². The highest BCUT2D eigenvalue weighted by Crippen LogP contribution is 2.49. The van der Waals surface area contributed by atoms with Crippen LogP contribution in [-0.4, -0.2) is 24.2 Å². The zero-order valence-electron chi connectivity index (χ0n) is 12.2. The van der Waals surface area contributed by atoms with E-state index in [1.807, 2.05) is 20.8 Å². The smallest absolute Gasteiger partial charge is 0.320 e. The fourth-order valence-corrected chi connectivity index (χ4v) is 3.68. The molecule has 2 bridgehead atoms. The van der Waals surface area contributed by atoms with Crippen molar-refractivity contribution in [2.75, 3.05) is 6.54 Å². The summed E-state index contributed by atoms with van der Waals surface area (Å²) in [4.78, 5) is 11.7. The number of carbonyl (C=O) groups excluding carboxylic acids is 1. The van der Waals surface area contributed by atoms with Crippen molar-refractivity contribution < 1.29 is 9.53 Å². The second kappa shape index (κ2) is 5.20. The standard InChI is InChI=1S/C15H27NO2/c1-10(13-8-11-5-6-12(13)7-11)16-9-14(17)18-15(2,3)4/h10-13,16H,5-9H2,1-4H3. The van der Waals surface area contributed by atoms with Crippen LogP contribution in [-0.2, 0) is 9.53 Å². The summed E-state index contributed by atoms with van der Waals surface area (Å²) in [5, 5.41) is 3.36. The predicted octanol–water partition coefficient (Wildman–Crippen LogP) is 2.74. The molecule has 4 unspecified atom stereocenters. The Labute approximate surface area is 111 Å². The van der Waals surface area contributed by atoms with Gasteiger partial charge in [0.2, 0.25) is 0 Å². The van der Waals surface area contributed by atoms with Crippen LogP contribution in [0.5, 0.6) is 0 Å². The van der Waals surface area contributed by atoms with Gasteiger partial charge in [-0.15, -0.1) is 0 Å². The Morgan fingerprint density at radius 1 is 1.33 bits per heavy atom. The molecule has 0 amide bonds. The highest BCUT2D eigenvalue weighted by molar-refractivity contribution is 5.72. The maximum Gasteiger partial charge on any atom is 0.320 e. The highest BCUT2D eigenvalue weighted by Gasteiger charge is 2.41. The molecular weight excluding hydrogens is 226 g/mol. The number of carbonyl (C=O) groups is 1. The van der Waals surface area contributed by atoms with Gasteiger partial charge < -0.3 is 10.1 Å². The van der Waals surface area contributed by atoms with Crippen LogP contribution in [0, 0.1) is 17.8 Å². The van der Waals surface area contributed by atoms with E-state index in [4.69, 9.17) is 4.74 Å². The summed E-state index contributed by atoms with van der Waals surface area (Å²) in [6.07, 6.45) is 5.60. The molecule has 2 aliphatic carbocycles. The molecule has 0 aliphatic heterocycles. The largest absolute Gasteiger partial charge is 0.459 e. The number of ether oxygens (including phenoxy) is 1. The Kier molecular flexibility index (Phi) is 4.00. The van der Waals surface area contributed by atoms with Gasteiger partial charge in [-0.3, -0.25) is 4.79 Å². The SMILES string of the molecule is CC(NCC(=O)OC(C)(C)C)C1CC2CCC1C2. The summed E-state index contributed by atoms with van der Waals surface area (Å²) >= 11 is 0. The molecule has 18 heavy (non-hydrogen) atoms. The van der Waals surface area contributed by atoms with Crippen molar-refractivity contribution in [3.05, 3.63) is 0 Å². The third-order valence-electron chi connectivity index (χ3n) is 4.42. The maximum atomic E-state index is 11.7. The summed E-state index contributed by atoms with van der Waals surface area (Å²) in [5.41, 5.74) is -0.381. The molecule has 2 aliphatic rings. The van der Waals surface area contributed by atoms with Gasteiger partial charge in [0, 0.05) is 6.04 Å². The first-order valence-electron chi connectivity index (χ1n) is 7.30. The molecule has 0 saturated heterocycles. The van der Waals surface area contributed by atoms with Crippen LogP contribution in [0.4, 0.5) is 0 Å². The van der Waals surface area contributed by atoms with Crippen molar-refractivity contribution in [2.24, 2.45) is 17.8 Å². The molecular formula is C15H27NO2. The minimum absolute atomic E-state index is 0.141. The quantitative estimate of drug-likeness (QED) is 0.783. The maximum absolute atomic E-state index is 11.7. The summed E-state index contributed by atoms with van der Waals surface area (Å²) in [6.45, 7) is 8.28. The van der Waals surface area contributed by atoms with E-state index in [1.54, 1.807) is 0 Å². The van der Waals surface area contributed by atoms with E-state index in [2.05, 4.69) is 12.2 Å². The molecule has 2 rings (SSSR count). The van der Waals surface area contributed by atoms with Gasteiger partial charge in [-0.25, -0.2) is 0 Å². The van der Waals surface area contributed by atoms with Crippen LogP contribution in [0.2, 0.25) is 0 Å². The van der Waals surface area contributed by atoms with Crippen molar-refractivity contribution in [3.8, 4) is 0 Å². The van der Waals surface area contributed by atoms with Crippen molar-refractivity contribution in [2.45, 2.75) is 65.0 Å². The second-order valence-corrected chi connectivity index (χ2v) is 7.09. The fourth-order valence-electron chi connectivity index (χ4n) is 3.68. The first kappa shape index (κ1) is 13.9. The molecule has 2 fully saturated rings. The van der Waals surface area contributed by atoms with Gasteiger partial charge >= 0.3 is 5.97 Å². The second-order valence-electron chi connectivity index (χ2n) is 7.09. The molecule has 3 heteroatoms. The minimum Gasteiger partial charge on any atom is -0.459 e. The van der Waals surface area contributed by atoms with E-state index >= 15 is 0 Å². The molecule has 0 spiro atoms. The van der Waals surface area contributed by atoms with E-state index < -0.39 is 0 Å². The molecule has 3 nitrogen and oxygen atoms in total. The zero-order valence-corrected chi connectivity index (χ0v) is 12.2. The van der Waals surface area contributed by atoms with Crippen molar-refractivity contribution in [3.63, 3.8) is 0 Å². The molecule has 0 heterocycles. The van der Waals surface area contributed by atoms with Gasteiger partial charge in [-0.2, -0.15) is 0 Å². The number of nitrogens with one attached hydrogen (secondary N) is 1. The lowest BCUT2D eigenvalue weighted by Crippen LogP contribution is -2.41. The Morgan fingerprint density at radius 2 is 2.06 bits per heavy atom. The van der Waals surface area contributed by atoms with Gasteiger partial charge in [0.15, 0.2) is 0 Å². The van der Waals surface area contributed by atoms with Crippen LogP contribution in [0.1, 0.15) is 53.4 Å².